The fourth-order valence-corrected chi connectivity index (χ4v) is 3.75. The number of carboxylic acid groups (broad SMARTS) is 1. The third kappa shape index (κ3) is 3.07. The zero-order valence-corrected chi connectivity index (χ0v) is 14.6. The number of hydrogen-bond acceptors (Lipinski definition) is 4. The Morgan fingerprint density at radius 1 is 1.36 bits per heavy atom. The van der Waals surface area contributed by atoms with Crippen LogP contribution in [0.25, 0.3) is 21.3 Å². The summed E-state index contributed by atoms with van der Waals surface area (Å²) in [5.74, 6) is -0.967. The molecule has 130 valence electrons. The molecule has 1 aromatic carbocycles. The summed E-state index contributed by atoms with van der Waals surface area (Å²) in [6.07, 6.45) is 1.27. The topological polar surface area (TPSA) is 72.2 Å². The average molecular weight is 360 g/mol. The first kappa shape index (κ1) is 17.3. The van der Waals surface area contributed by atoms with Gasteiger partial charge in [0.25, 0.3) is 5.56 Å². The molecule has 0 amide bonds. The predicted molar refractivity (Wildman–Crippen MR) is 95.6 cm³/mol. The minimum Gasteiger partial charge on any atom is -0.480 e. The van der Waals surface area contributed by atoms with Crippen LogP contribution >= 0.6 is 11.3 Å². The fraction of sp³-hybridized carbons (Fsp3) is 0.278. The molecule has 1 N–H and O–H groups in total. The van der Waals surface area contributed by atoms with E-state index in [1.54, 1.807) is 17.5 Å². The number of nitrogens with zero attached hydrogens (tertiary/aromatic N) is 2. The molecular weight excluding hydrogens is 343 g/mol. The standard InChI is InChI=1S/C18H17FN2O3S/c1-3-4-14-20-16-15(17(22)21(14)10(2)18(23)24)13(9-25-16)11-5-7-12(19)8-6-11/h5-10H,3-4H2,1-2H3,(H,23,24). The lowest BCUT2D eigenvalue weighted by Gasteiger charge is -2.16. The lowest BCUT2D eigenvalue weighted by Crippen LogP contribution is -2.31. The van der Waals surface area contributed by atoms with Gasteiger partial charge in [-0.25, -0.2) is 14.2 Å². The van der Waals surface area contributed by atoms with Crippen molar-refractivity contribution in [2.75, 3.05) is 0 Å². The van der Waals surface area contributed by atoms with E-state index in [1.165, 1.54) is 35.0 Å². The molecule has 2 heterocycles. The van der Waals surface area contributed by atoms with Crippen LogP contribution < -0.4 is 5.56 Å². The Hall–Kier alpha value is -2.54. The monoisotopic (exact) mass is 360 g/mol. The van der Waals surface area contributed by atoms with E-state index < -0.39 is 12.0 Å². The summed E-state index contributed by atoms with van der Waals surface area (Å²) in [5.41, 5.74) is 0.972. The van der Waals surface area contributed by atoms with Gasteiger partial charge in [0, 0.05) is 17.4 Å². The molecule has 1 atom stereocenters. The molecule has 3 aromatic rings. The lowest BCUT2D eigenvalue weighted by atomic mass is 10.1. The van der Waals surface area contributed by atoms with Crippen LogP contribution in [0.15, 0.2) is 34.4 Å². The molecule has 0 bridgehead atoms. The number of aryl methyl sites for hydroxylation is 1. The number of halogens is 1. The number of thiophene rings is 1. The Morgan fingerprint density at radius 2 is 2.04 bits per heavy atom. The second kappa shape index (κ2) is 6.76. The summed E-state index contributed by atoms with van der Waals surface area (Å²) in [4.78, 5) is 29.6. The summed E-state index contributed by atoms with van der Waals surface area (Å²) in [6.45, 7) is 3.42. The third-order valence-electron chi connectivity index (χ3n) is 4.09. The van der Waals surface area contributed by atoms with Crippen LogP contribution in [0.5, 0.6) is 0 Å². The van der Waals surface area contributed by atoms with E-state index in [9.17, 15) is 19.1 Å². The van der Waals surface area contributed by atoms with Crippen LogP contribution in [-0.4, -0.2) is 20.6 Å². The van der Waals surface area contributed by atoms with E-state index in [0.717, 1.165) is 6.42 Å². The van der Waals surface area contributed by atoms with Crippen molar-refractivity contribution in [3.8, 4) is 11.1 Å². The highest BCUT2D eigenvalue weighted by molar-refractivity contribution is 7.17. The zero-order valence-electron chi connectivity index (χ0n) is 13.8. The molecule has 25 heavy (non-hydrogen) atoms. The van der Waals surface area contributed by atoms with Crippen LogP contribution in [0, 0.1) is 5.82 Å². The van der Waals surface area contributed by atoms with Gasteiger partial charge >= 0.3 is 5.97 Å². The maximum atomic E-state index is 13.2. The zero-order chi connectivity index (χ0) is 18.1. The second-order valence-corrected chi connectivity index (χ2v) is 6.66. The van der Waals surface area contributed by atoms with E-state index in [1.807, 2.05) is 6.92 Å². The van der Waals surface area contributed by atoms with Gasteiger partial charge in [-0.2, -0.15) is 0 Å². The summed E-state index contributed by atoms with van der Waals surface area (Å²) in [5, 5.41) is 11.5. The highest BCUT2D eigenvalue weighted by atomic mass is 32.1. The summed E-state index contributed by atoms with van der Waals surface area (Å²) >= 11 is 1.33. The van der Waals surface area contributed by atoms with Gasteiger partial charge < -0.3 is 5.11 Å². The number of fused-ring (bicyclic) bond motifs is 1. The smallest absolute Gasteiger partial charge is 0.326 e. The molecule has 1 unspecified atom stereocenters. The van der Waals surface area contributed by atoms with Crippen LogP contribution in [0.4, 0.5) is 4.39 Å². The first-order valence-electron chi connectivity index (χ1n) is 7.95. The summed E-state index contributed by atoms with van der Waals surface area (Å²) in [6, 6.07) is 4.85. The first-order chi connectivity index (χ1) is 11.9. The minimum absolute atomic E-state index is 0.358. The number of rotatable bonds is 5. The van der Waals surface area contributed by atoms with E-state index in [-0.39, 0.29) is 11.4 Å². The number of aliphatic carboxylic acids is 1. The molecule has 0 radical (unpaired) electrons. The average Bonchev–Trinajstić information content (AvgIpc) is 2.99. The van der Waals surface area contributed by atoms with Gasteiger partial charge in [0.05, 0.1) is 5.39 Å². The molecule has 0 aliphatic carbocycles. The quantitative estimate of drug-likeness (QED) is 0.750. The van der Waals surface area contributed by atoms with E-state index in [4.69, 9.17) is 0 Å². The van der Waals surface area contributed by atoms with Gasteiger partial charge in [-0.3, -0.25) is 9.36 Å². The van der Waals surface area contributed by atoms with E-state index >= 15 is 0 Å². The minimum atomic E-state index is -1.08. The molecule has 0 fully saturated rings. The number of carbonyl (C=O) groups is 1. The van der Waals surface area contributed by atoms with Crippen molar-refractivity contribution < 1.29 is 14.3 Å². The molecule has 0 aliphatic rings. The predicted octanol–water partition coefficient (Wildman–Crippen LogP) is 3.86. The Morgan fingerprint density at radius 3 is 2.64 bits per heavy atom. The van der Waals surface area contributed by atoms with Crippen LogP contribution in [0.1, 0.15) is 32.1 Å². The van der Waals surface area contributed by atoms with Crippen molar-refractivity contribution >= 4 is 27.5 Å². The highest BCUT2D eigenvalue weighted by Gasteiger charge is 2.23. The lowest BCUT2D eigenvalue weighted by molar-refractivity contribution is -0.140. The molecule has 5 nitrogen and oxygen atoms in total. The van der Waals surface area contributed by atoms with Crippen molar-refractivity contribution in [1.29, 1.82) is 0 Å². The normalized spacial score (nSPS) is 12.4. The maximum absolute atomic E-state index is 13.2. The number of carboxylic acids is 1. The number of hydrogen-bond donors (Lipinski definition) is 1. The van der Waals surface area contributed by atoms with Crippen LogP contribution in [0.2, 0.25) is 0 Å². The van der Waals surface area contributed by atoms with E-state index in [0.29, 0.717) is 33.6 Å². The van der Waals surface area contributed by atoms with Crippen LogP contribution in [0.3, 0.4) is 0 Å². The highest BCUT2D eigenvalue weighted by Crippen LogP contribution is 2.31. The van der Waals surface area contributed by atoms with Crippen molar-refractivity contribution in [3.05, 3.63) is 51.6 Å². The molecule has 2 aromatic heterocycles. The molecule has 0 spiro atoms. The maximum Gasteiger partial charge on any atom is 0.326 e. The molecule has 0 saturated heterocycles. The summed E-state index contributed by atoms with van der Waals surface area (Å²) < 4.78 is 14.4. The molecule has 0 saturated carbocycles. The van der Waals surface area contributed by atoms with Gasteiger partial charge in [-0.1, -0.05) is 19.1 Å². The van der Waals surface area contributed by atoms with Crippen molar-refractivity contribution in [2.45, 2.75) is 32.7 Å². The summed E-state index contributed by atoms with van der Waals surface area (Å²) in [7, 11) is 0. The Bertz CT molecular complexity index is 992. The van der Waals surface area contributed by atoms with Gasteiger partial charge in [0.15, 0.2) is 0 Å². The Labute approximate surface area is 147 Å². The first-order valence-corrected chi connectivity index (χ1v) is 8.83. The number of aromatic nitrogens is 2. The molecular formula is C18H17FN2O3S. The van der Waals surface area contributed by atoms with Gasteiger partial charge in [-0.05, 0) is 31.0 Å². The molecule has 3 rings (SSSR count). The van der Waals surface area contributed by atoms with Crippen molar-refractivity contribution in [1.82, 2.24) is 9.55 Å². The van der Waals surface area contributed by atoms with Crippen molar-refractivity contribution in [3.63, 3.8) is 0 Å². The Kier molecular flexibility index (Phi) is 4.67. The number of benzene rings is 1. The molecule has 7 heteroatoms. The van der Waals surface area contributed by atoms with Gasteiger partial charge in [-0.15, -0.1) is 11.3 Å². The van der Waals surface area contributed by atoms with Crippen molar-refractivity contribution in [2.24, 2.45) is 0 Å². The second-order valence-electron chi connectivity index (χ2n) is 5.80. The molecule has 0 aliphatic heterocycles. The largest absolute Gasteiger partial charge is 0.480 e. The fourth-order valence-electron chi connectivity index (χ4n) is 2.80. The third-order valence-corrected chi connectivity index (χ3v) is 4.96. The van der Waals surface area contributed by atoms with E-state index in [2.05, 4.69) is 4.98 Å². The SMILES string of the molecule is CCCc1nc2scc(-c3ccc(F)cc3)c2c(=O)n1C(C)C(=O)O. The van der Waals surface area contributed by atoms with Gasteiger partial charge in [0.1, 0.15) is 22.5 Å². The Balaban J connectivity index is 2.30. The van der Waals surface area contributed by atoms with Gasteiger partial charge in [0.2, 0.25) is 0 Å². The van der Waals surface area contributed by atoms with Crippen LogP contribution in [-0.2, 0) is 11.2 Å².